The second kappa shape index (κ2) is 6.52. The fourth-order valence-corrected chi connectivity index (χ4v) is 3.75. The van der Waals surface area contributed by atoms with Gasteiger partial charge in [0, 0.05) is 30.7 Å². The van der Waals surface area contributed by atoms with E-state index in [1.165, 1.54) is 5.56 Å². The van der Waals surface area contributed by atoms with Crippen molar-refractivity contribution in [1.29, 1.82) is 0 Å². The Morgan fingerprint density at radius 1 is 1.17 bits per heavy atom. The Hall–Kier alpha value is -1.55. The molecule has 128 valence electrons. The maximum atomic E-state index is 12.5. The molecule has 2 amide bonds. The third-order valence-corrected chi connectivity index (χ3v) is 4.40. The molecule has 2 rings (SSSR count). The number of hydrogen-bond donors (Lipinski definition) is 2. The van der Waals surface area contributed by atoms with E-state index in [9.17, 15) is 4.79 Å². The SMILES string of the molecule is Cc1ccc(CN(C)C(=O)NC2CC(C)(C)NC(C)(C)C2)cc1. The Kier molecular flexibility index (Phi) is 5.04. The predicted molar refractivity (Wildman–Crippen MR) is 95.5 cm³/mol. The van der Waals surface area contributed by atoms with Crippen LogP contribution in [0.3, 0.4) is 0 Å². The number of carbonyl (C=O) groups excluding carboxylic acids is 1. The van der Waals surface area contributed by atoms with Crippen LogP contribution in [0.15, 0.2) is 24.3 Å². The van der Waals surface area contributed by atoms with Crippen LogP contribution >= 0.6 is 0 Å². The smallest absolute Gasteiger partial charge is 0.317 e. The number of carbonyl (C=O) groups is 1. The van der Waals surface area contributed by atoms with Crippen molar-refractivity contribution in [2.45, 2.75) is 71.1 Å². The third-order valence-electron chi connectivity index (χ3n) is 4.40. The standard InChI is InChI=1S/C19H31N3O/c1-14-7-9-15(10-8-14)13-22(6)17(23)20-16-11-18(2,3)21-19(4,5)12-16/h7-10,16,21H,11-13H2,1-6H3,(H,20,23). The van der Waals surface area contributed by atoms with E-state index in [0.29, 0.717) is 6.54 Å². The minimum Gasteiger partial charge on any atom is -0.335 e. The minimum atomic E-state index is 0.00377. The van der Waals surface area contributed by atoms with Gasteiger partial charge in [0.05, 0.1) is 0 Å². The van der Waals surface area contributed by atoms with Gasteiger partial charge in [-0.15, -0.1) is 0 Å². The summed E-state index contributed by atoms with van der Waals surface area (Å²) in [6.45, 7) is 11.5. The van der Waals surface area contributed by atoms with Gasteiger partial charge in [-0.2, -0.15) is 0 Å². The van der Waals surface area contributed by atoms with Crippen molar-refractivity contribution >= 4 is 6.03 Å². The number of amides is 2. The van der Waals surface area contributed by atoms with Crippen LogP contribution in [0.25, 0.3) is 0 Å². The van der Waals surface area contributed by atoms with Gasteiger partial charge < -0.3 is 15.5 Å². The van der Waals surface area contributed by atoms with Crippen LogP contribution in [0.2, 0.25) is 0 Å². The molecule has 0 atom stereocenters. The van der Waals surface area contributed by atoms with Crippen molar-refractivity contribution in [1.82, 2.24) is 15.5 Å². The zero-order valence-electron chi connectivity index (χ0n) is 15.4. The van der Waals surface area contributed by atoms with Gasteiger partial charge >= 0.3 is 6.03 Å². The van der Waals surface area contributed by atoms with E-state index in [-0.39, 0.29) is 23.2 Å². The van der Waals surface area contributed by atoms with Crippen molar-refractivity contribution in [2.75, 3.05) is 7.05 Å². The fourth-order valence-electron chi connectivity index (χ4n) is 3.75. The normalized spacial score (nSPS) is 20.1. The monoisotopic (exact) mass is 317 g/mol. The zero-order chi connectivity index (χ0) is 17.3. The van der Waals surface area contributed by atoms with E-state index in [0.717, 1.165) is 18.4 Å². The number of piperidine rings is 1. The average Bonchev–Trinajstić information content (AvgIpc) is 2.37. The summed E-state index contributed by atoms with van der Waals surface area (Å²) < 4.78 is 0. The lowest BCUT2D eigenvalue weighted by Gasteiger charge is -2.46. The molecule has 4 nitrogen and oxygen atoms in total. The van der Waals surface area contributed by atoms with Gasteiger partial charge in [0.15, 0.2) is 0 Å². The molecule has 0 unspecified atom stereocenters. The van der Waals surface area contributed by atoms with Crippen LogP contribution in [0.4, 0.5) is 4.79 Å². The van der Waals surface area contributed by atoms with Crippen LogP contribution in [-0.2, 0) is 6.54 Å². The van der Waals surface area contributed by atoms with E-state index in [1.54, 1.807) is 4.90 Å². The Morgan fingerprint density at radius 3 is 2.22 bits per heavy atom. The summed E-state index contributed by atoms with van der Waals surface area (Å²) in [5.41, 5.74) is 2.46. The third kappa shape index (κ3) is 5.24. The van der Waals surface area contributed by atoms with Crippen molar-refractivity contribution in [3.05, 3.63) is 35.4 Å². The van der Waals surface area contributed by atoms with Gasteiger partial charge in [-0.05, 0) is 53.0 Å². The topological polar surface area (TPSA) is 44.4 Å². The van der Waals surface area contributed by atoms with Gasteiger partial charge in [-0.3, -0.25) is 0 Å². The molecule has 1 aromatic carbocycles. The fraction of sp³-hybridized carbons (Fsp3) is 0.632. The molecular weight excluding hydrogens is 286 g/mol. The van der Waals surface area contributed by atoms with Crippen LogP contribution in [0.5, 0.6) is 0 Å². The molecule has 4 heteroatoms. The minimum absolute atomic E-state index is 0.00377. The van der Waals surface area contributed by atoms with E-state index in [4.69, 9.17) is 0 Å². The number of nitrogens with one attached hydrogen (secondary N) is 2. The molecule has 0 saturated carbocycles. The lowest BCUT2D eigenvalue weighted by Crippen LogP contribution is -2.62. The number of aryl methyl sites for hydroxylation is 1. The second-order valence-electron chi connectivity index (χ2n) is 8.29. The molecule has 1 aromatic rings. The van der Waals surface area contributed by atoms with Crippen LogP contribution in [0, 0.1) is 6.92 Å². The molecule has 0 aromatic heterocycles. The largest absolute Gasteiger partial charge is 0.335 e. The summed E-state index contributed by atoms with van der Waals surface area (Å²) in [6, 6.07) is 8.53. The van der Waals surface area contributed by atoms with Crippen LogP contribution < -0.4 is 10.6 Å². The number of urea groups is 1. The summed E-state index contributed by atoms with van der Waals surface area (Å²) in [4.78, 5) is 14.3. The molecule has 23 heavy (non-hydrogen) atoms. The first kappa shape index (κ1) is 17.8. The van der Waals surface area contributed by atoms with Gasteiger partial charge in [-0.25, -0.2) is 4.79 Å². The number of hydrogen-bond acceptors (Lipinski definition) is 2. The van der Waals surface area contributed by atoms with E-state index in [1.807, 2.05) is 7.05 Å². The molecule has 1 aliphatic rings. The van der Waals surface area contributed by atoms with Crippen molar-refractivity contribution in [3.8, 4) is 0 Å². The van der Waals surface area contributed by atoms with E-state index >= 15 is 0 Å². The molecule has 0 aliphatic carbocycles. The Balaban J connectivity index is 1.94. The summed E-state index contributed by atoms with van der Waals surface area (Å²) in [7, 11) is 1.85. The maximum Gasteiger partial charge on any atom is 0.317 e. The Bertz CT molecular complexity index is 532. The summed E-state index contributed by atoms with van der Waals surface area (Å²) in [6.07, 6.45) is 1.89. The quantitative estimate of drug-likeness (QED) is 0.897. The zero-order valence-corrected chi connectivity index (χ0v) is 15.4. The van der Waals surface area contributed by atoms with Gasteiger partial charge in [-0.1, -0.05) is 29.8 Å². The first-order valence-electron chi connectivity index (χ1n) is 8.43. The summed E-state index contributed by atoms with van der Waals surface area (Å²) in [5.74, 6) is 0. The molecule has 1 heterocycles. The highest BCUT2D eigenvalue weighted by Gasteiger charge is 2.38. The highest BCUT2D eigenvalue weighted by molar-refractivity contribution is 5.74. The van der Waals surface area contributed by atoms with Gasteiger partial charge in [0.1, 0.15) is 0 Å². The Labute approximate surface area is 140 Å². The van der Waals surface area contributed by atoms with Crippen molar-refractivity contribution < 1.29 is 4.79 Å². The van der Waals surface area contributed by atoms with Crippen molar-refractivity contribution in [2.24, 2.45) is 0 Å². The molecule has 0 radical (unpaired) electrons. The van der Waals surface area contributed by atoms with Gasteiger partial charge in [0.25, 0.3) is 0 Å². The van der Waals surface area contributed by atoms with Crippen molar-refractivity contribution in [3.63, 3.8) is 0 Å². The molecule has 2 N–H and O–H groups in total. The predicted octanol–water partition coefficient (Wildman–Crippen LogP) is 3.45. The Morgan fingerprint density at radius 2 is 1.70 bits per heavy atom. The molecular formula is C19H31N3O. The molecule has 1 fully saturated rings. The van der Waals surface area contributed by atoms with E-state index < -0.39 is 0 Å². The number of benzene rings is 1. The molecule has 0 spiro atoms. The first-order valence-corrected chi connectivity index (χ1v) is 8.43. The van der Waals surface area contributed by atoms with Crippen LogP contribution in [0.1, 0.15) is 51.7 Å². The number of rotatable bonds is 3. The molecule has 1 aliphatic heterocycles. The van der Waals surface area contributed by atoms with Crippen LogP contribution in [-0.4, -0.2) is 35.1 Å². The summed E-state index contributed by atoms with van der Waals surface area (Å²) in [5, 5.41) is 6.85. The molecule has 1 saturated heterocycles. The van der Waals surface area contributed by atoms with Gasteiger partial charge in [0.2, 0.25) is 0 Å². The molecule has 0 bridgehead atoms. The first-order chi connectivity index (χ1) is 10.6. The lowest BCUT2D eigenvalue weighted by atomic mass is 9.80. The highest BCUT2D eigenvalue weighted by Crippen LogP contribution is 2.28. The average molecular weight is 317 g/mol. The highest BCUT2D eigenvalue weighted by atomic mass is 16.2. The number of nitrogens with zero attached hydrogens (tertiary/aromatic N) is 1. The second-order valence-corrected chi connectivity index (χ2v) is 8.29. The van der Waals surface area contributed by atoms with E-state index in [2.05, 4.69) is 69.5 Å². The lowest BCUT2D eigenvalue weighted by molar-refractivity contribution is 0.140. The maximum absolute atomic E-state index is 12.5. The summed E-state index contributed by atoms with van der Waals surface area (Å²) >= 11 is 0.